The summed E-state index contributed by atoms with van der Waals surface area (Å²) >= 11 is 2.47. The maximum atomic E-state index is 13.2. The summed E-state index contributed by atoms with van der Waals surface area (Å²) in [7, 11) is 0. The molecule has 13 heteroatoms. The summed E-state index contributed by atoms with van der Waals surface area (Å²) < 4.78 is 0. The predicted molar refractivity (Wildman–Crippen MR) is 128 cm³/mol. The van der Waals surface area contributed by atoms with Crippen LogP contribution in [0.4, 0.5) is 5.13 Å². The Morgan fingerprint density at radius 1 is 1.38 bits per heavy atom. The maximum Gasteiger partial charge on any atom is 0.352 e. The molecule has 3 heterocycles. The largest absolute Gasteiger partial charge is 0.477 e. The van der Waals surface area contributed by atoms with E-state index in [1.54, 1.807) is 5.38 Å². The molecule has 2 aliphatic rings. The molecule has 3 amide bonds. The van der Waals surface area contributed by atoms with Gasteiger partial charge >= 0.3 is 5.97 Å². The highest BCUT2D eigenvalue weighted by Gasteiger charge is 2.53. The number of carbonyl (C=O) groups is 4. The first kappa shape index (κ1) is 25.7. The number of nitrogens with one attached hydrogen (secondary N) is 2. The topological polar surface area (TPSA) is 150 Å². The second-order valence-electron chi connectivity index (χ2n) is 7.68. The number of amides is 3. The van der Waals surface area contributed by atoms with E-state index in [9.17, 15) is 24.3 Å². The lowest BCUT2D eigenvalue weighted by Gasteiger charge is -2.48. The first-order chi connectivity index (χ1) is 16.4. The summed E-state index contributed by atoms with van der Waals surface area (Å²) in [5.41, 5.74) is -0.00335. The minimum Gasteiger partial charge on any atom is -0.477 e. The molecule has 3 rings (SSSR count). The summed E-state index contributed by atoms with van der Waals surface area (Å²) in [5.74, 6) is -1.95. The van der Waals surface area contributed by atoms with Gasteiger partial charge in [0.25, 0.3) is 11.8 Å². The van der Waals surface area contributed by atoms with Gasteiger partial charge in [-0.05, 0) is 25.3 Å². The summed E-state index contributed by atoms with van der Waals surface area (Å²) in [5, 5.41) is 19.9. The zero-order chi connectivity index (χ0) is 24.7. The van der Waals surface area contributed by atoms with Crippen molar-refractivity contribution in [2.45, 2.75) is 63.5 Å². The lowest BCUT2D eigenvalue weighted by Crippen LogP contribution is -2.70. The molecule has 1 aromatic heterocycles. The molecule has 3 atom stereocenters. The van der Waals surface area contributed by atoms with Gasteiger partial charge in [0.1, 0.15) is 28.9 Å². The van der Waals surface area contributed by atoms with Gasteiger partial charge in [-0.25, -0.2) is 9.78 Å². The third kappa shape index (κ3) is 5.76. The van der Waals surface area contributed by atoms with E-state index in [1.807, 2.05) is 6.92 Å². The fraction of sp³-hybridized carbons (Fsp3) is 0.524. The van der Waals surface area contributed by atoms with Crippen LogP contribution in [0.2, 0.25) is 0 Å². The number of anilines is 1. The summed E-state index contributed by atoms with van der Waals surface area (Å²) in [4.78, 5) is 59.1. The van der Waals surface area contributed by atoms with Gasteiger partial charge in [0.15, 0.2) is 10.8 Å². The number of aromatic nitrogens is 1. The van der Waals surface area contributed by atoms with Crippen LogP contribution in [0.3, 0.4) is 0 Å². The molecule has 2 unspecified atom stereocenters. The molecule has 1 fully saturated rings. The van der Waals surface area contributed by atoms with E-state index in [1.165, 1.54) is 22.7 Å². The number of carbonyl (C=O) groups excluding carboxylic acids is 3. The number of oxime groups is 1. The van der Waals surface area contributed by atoms with Gasteiger partial charge in [0.2, 0.25) is 6.41 Å². The minimum absolute atomic E-state index is 0.0844. The Kier molecular flexibility index (Phi) is 9.05. The number of fused-ring (bicyclic) bond motifs is 1. The van der Waals surface area contributed by atoms with Crippen molar-refractivity contribution >= 4 is 58.1 Å². The molecule has 1 saturated heterocycles. The van der Waals surface area contributed by atoms with E-state index in [0.717, 1.165) is 43.4 Å². The molecular weight excluding hydrogens is 482 g/mol. The summed E-state index contributed by atoms with van der Waals surface area (Å²) in [6, 6.07) is -0.900. The second-order valence-corrected chi connectivity index (χ2v) is 9.68. The van der Waals surface area contributed by atoms with Crippen molar-refractivity contribution in [1.29, 1.82) is 0 Å². The third-order valence-corrected chi connectivity index (χ3v) is 7.24. The molecule has 34 heavy (non-hydrogen) atoms. The van der Waals surface area contributed by atoms with Crippen molar-refractivity contribution in [3.63, 3.8) is 0 Å². The number of β-lactam (4-membered cyclic amide) rings is 1. The third-order valence-electron chi connectivity index (χ3n) is 5.28. The Labute approximate surface area is 205 Å². The van der Waals surface area contributed by atoms with E-state index < -0.39 is 29.2 Å². The Hall–Kier alpha value is -2.93. The van der Waals surface area contributed by atoms with Crippen LogP contribution in [0, 0.1) is 0 Å². The standard InChI is InChI=1S/C21H27N5O6S2/c1-3-5-7-12(6-4-2)32-25-15(13-10-34-21(23-13)22-11-27)17(28)24-16-18(29)26-14(20(30)31)8-9-33-19(16)26/h8,10-12,16,19H,3-7,9H2,1-2H3,(H,24,28)(H,30,31)(H,22,23,27)/t12?,16?,19-/m1/s1. The van der Waals surface area contributed by atoms with Crippen molar-refractivity contribution in [3.05, 3.63) is 22.8 Å². The molecule has 2 aliphatic heterocycles. The first-order valence-electron chi connectivity index (χ1n) is 11.0. The van der Waals surface area contributed by atoms with Crippen LogP contribution in [-0.4, -0.2) is 68.2 Å². The number of hydrogen-bond acceptors (Lipinski definition) is 9. The van der Waals surface area contributed by atoms with E-state index in [4.69, 9.17) is 4.84 Å². The SMILES string of the molecule is CCCCC(CCC)ON=C(C(=O)NC1C(=O)N2C(C(=O)O)=CCS[C@H]12)c1csc(NC=O)n1. The van der Waals surface area contributed by atoms with Crippen molar-refractivity contribution in [1.82, 2.24) is 15.2 Å². The van der Waals surface area contributed by atoms with E-state index >= 15 is 0 Å². The molecule has 0 spiro atoms. The van der Waals surface area contributed by atoms with Crippen LogP contribution in [0.25, 0.3) is 0 Å². The van der Waals surface area contributed by atoms with Crippen LogP contribution in [0.15, 0.2) is 22.3 Å². The number of thiazole rings is 1. The molecule has 0 aliphatic carbocycles. The first-order valence-corrected chi connectivity index (χ1v) is 12.9. The number of carboxylic acids is 1. The van der Waals surface area contributed by atoms with Gasteiger partial charge in [0.05, 0.1) is 0 Å². The highest BCUT2D eigenvalue weighted by molar-refractivity contribution is 8.00. The van der Waals surface area contributed by atoms with Gasteiger partial charge in [-0.3, -0.25) is 19.3 Å². The van der Waals surface area contributed by atoms with Crippen LogP contribution in [-0.2, 0) is 24.0 Å². The van der Waals surface area contributed by atoms with Crippen molar-refractivity contribution in [3.8, 4) is 0 Å². The average Bonchev–Trinajstić information content (AvgIpc) is 3.28. The second kappa shape index (κ2) is 12.0. The lowest BCUT2D eigenvalue weighted by atomic mass is 10.0. The smallest absolute Gasteiger partial charge is 0.352 e. The highest BCUT2D eigenvalue weighted by Crippen LogP contribution is 2.37. The quantitative estimate of drug-likeness (QED) is 0.158. The van der Waals surface area contributed by atoms with Gasteiger partial charge in [-0.2, -0.15) is 0 Å². The van der Waals surface area contributed by atoms with Crippen molar-refractivity contribution in [2.24, 2.45) is 5.16 Å². The van der Waals surface area contributed by atoms with E-state index in [2.05, 4.69) is 27.7 Å². The number of thioether (sulfide) groups is 1. The highest BCUT2D eigenvalue weighted by atomic mass is 32.2. The monoisotopic (exact) mass is 509 g/mol. The predicted octanol–water partition coefficient (Wildman–Crippen LogP) is 2.16. The Morgan fingerprint density at radius 3 is 2.85 bits per heavy atom. The average molecular weight is 510 g/mol. The van der Waals surface area contributed by atoms with Crippen LogP contribution < -0.4 is 10.6 Å². The van der Waals surface area contributed by atoms with Crippen LogP contribution >= 0.6 is 23.1 Å². The molecule has 0 radical (unpaired) electrons. The number of aliphatic carboxylic acids is 1. The zero-order valence-electron chi connectivity index (χ0n) is 18.9. The van der Waals surface area contributed by atoms with Gasteiger partial charge in [-0.15, -0.1) is 23.1 Å². The zero-order valence-corrected chi connectivity index (χ0v) is 20.5. The number of hydrogen-bond donors (Lipinski definition) is 3. The number of unbranched alkanes of at least 4 members (excludes halogenated alkanes) is 1. The number of rotatable bonds is 13. The summed E-state index contributed by atoms with van der Waals surface area (Å²) in [6.07, 6.45) is 6.19. The molecule has 0 aromatic carbocycles. The van der Waals surface area contributed by atoms with Gasteiger partial charge < -0.3 is 20.6 Å². The molecular formula is C21H27N5O6S2. The Morgan fingerprint density at radius 2 is 2.18 bits per heavy atom. The number of nitrogens with zero attached hydrogens (tertiary/aromatic N) is 3. The number of carboxylic acid groups (broad SMARTS) is 1. The molecule has 0 saturated carbocycles. The van der Waals surface area contributed by atoms with Crippen molar-refractivity contribution in [2.75, 3.05) is 11.1 Å². The summed E-state index contributed by atoms with van der Waals surface area (Å²) in [6.45, 7) is 4.11. The molecule has 11 nitrogen and oxygen atoms in total. The van der Waals surface area contributed by atoms with Crippen LogP contribution in [0.5, 0.6) is 0 Å². The molecule has 3 N–H and O–H groups in total. The Bertz CT molecular complexity index is 994. The Balaban J connectivity index is 1.79. The molecule has 1 aromatic rings. The van der Waals surface area contributed by atoms with Gasteiger partial charge in [0, 0.05) is 11.1 Å². The van der Waals surface area contributed by atoms with Crippen LogP contribution in [0.1, 0.15) is 51.6 Å². The van der Waals surface area contributed by atoms with E-state index in [-0.39, 0.29) is 28.3 Å². The fourth-order valence-corrected chi connectivity index (χ4v) is 5.43. The normalized spacial score (nSPS) is 20.5. The van der Waals surface area contributed by atoms with Gasteiger partial charge in [-0.1, -0.05) is 31.8 Å². The maximum absolute atomic E-state index is 13.2. The minimum atomic E-state index is -1.19. The molecule has 184 valence electrons. The fourth-order valence-electron chi connectivity index (χ4n) is 3.58. The molecule has 0 bridgehead atoms. The lowest BCUT2D eigenvalue weighted by molar-refractivity contribution is -0.150. The van der Waals surface area contributed by atoms with Crippen molar-refractivity contribution < 1.29 is 29.1 Å². The van der Waals surface area contributed by atoms with E-state index in [0.29, 0.717) is 12.2 Å².